The third-order valence-electron chi connectivity index (χ3n) is 4.46. The number of hydrogen-bond acceptors (Lipinski definition) is 5. The van der Waals surface area contributed by atoms with E-state index in [2.05, 4.69) is 51.6 Å². The van der Waals surface area contributed by atoms with Crippen LogP contribution in [0.3, 0.4) is 0 Å². The lowest BCUT2D eigenvalue weighted by Gasteiger charge is -2.34. The molecule has 1 amide bonds. The van der Waals surface area contributed by atoms with Gasteiger partial charge in [-0.3, -0.25) is 4.79 Å². The van der Waals surface area contributed by atoms with E-state index in [1.54, 1.807) is 13.0 Å². The second-order valence-corrected chi connectivity index (χ2v) is 6.41. The number of carbonyl (C=O) groups excluding carboxylic acids is 1. The predicted octanol–water partition coefficient (Wildman–Crippen LogP) is 2.23. The number of piperazine rings is 1. The first-order chi connectivity index (χ1) is 11.5. The van der Waals surface area contributed by atoms with E-state index in [0.717, 1.165) is 31.7 Å². The van der Waals surface area contributed by atoms with Crippen molar-refractivity contribution in [3.8, 4) is 0 Å². The summed E-state index contributed by atoms with van der Waals surface area (Å²) in [7, 11) is 2.15. The molecule has 1 aliphatic rings. The van der Waals surface area contributed by atoms with E-state index in [4.69, 9.17) is 4.52 Å². The molecule has 0 aliphatic carbocycles. The fourth-order valence-electron chi connectivity index (χ4n) is 2.86. The lowest BCUT2D eigenvalue weighted by atomic mass is 10.1. The largest absolute Gasteiger partial charge is 0.369 e. The number of aryl methyl sites for hydroxylation is 1. The molecule has 1 fully saturated rings. The third-order valence-corrected chi connectivity index (χ3v) is 4.46. The minimum Gasteiger partial charge on any atom is -0.369 e. The van der Waals surface area contributed by atoms with Crippen molar-refractivity contribution >= 4 is 11.6 Å². The Hall–Kier alpha value is -2.34. The van der Waals surface area contributed by atoms with Crippen molar-refractivity contribution in [3.05, 3.63) is 47.3 Å². The summed E-state index contributed by atoms with van der Waals surface area (Å²) >= 11 is 0. The molecule has 24 heavy (non-hydrogen) atoms. The van der Waals surface area contributed by atoms with Gasteiger partial charge in [0.2, 0.25) is 5.76 Å². The first kappa shape index (κ1) is 16.5. The van der Waals surface area contributed by atoms with Gasteiger partial charge in [0.1, 0.15) is 0 Å². The first-order valence-electron chi connectivity index (χ1n) is 8.30. The minimum atomic E-state index is -0.244. The number of benzene rings is 1. The van der Waals surface area contributed by atoms with Gasteiger partial charge in [-0.25, -0.2) is 0 Å². The summed E-state index contributed by atoms with van der Waals surface area (Å²) in [5.41, 5.74) is 3.00. The van der Waals surface area contributed by atoms with Gasteiger partial charge in [-0.15, -0.1) is 0 Å². The van der Waals surface area contributed by atoms with Crippen LogP contribution in [0, 0.1) is 6.92 Å². The first-order valence-corrected chi connectivity index (χ1v) is 8.30. The standard InChI is InChI=1S/C18H24N4O2/c1-13-12-17(24-20-13)18(23)19-14(2)15-4-6-16(7-5-15)22-10-8-21(3)9-11-22/h4-7,12,14H,8-11H2,1-3H3,(H,19,23). The Morgan fingerprint density at radius 3 is 2.46 bits per heavy atom. The molecule has 1 aliphatic heterocycles. The molecule has 1 saturated heterocycles. The third kappa shape index (κ3) is 3.76. The Kier molecular flexibility index (Phi) is 4.85. The summed E-state index contributed by atoms with van der Waals surface area (Å²) in [4.78, 5) is 16.9. The summed E-state index contributed by atoms with van der Waals surface area (Å²) in [5.74, 6) is -0.000323. The zero-order valence-electron chi connectivity index (χ0n) is 14.5. The molecule has 1 aromatic heterocycles. The molecule has 6 nitrogen and oxygen atoms in total. The Morgan fingerprint density at radius 1 is 1.21 bits per heavy atom. The van der Waals surface area contributed by atoms with Gasteiger partial charge in [0.25, 0.3) is 5.91 Å². The van der Waals surface area contributed by atoms with E-state index >= 15 is 0 Å². The summed E-state index contributed by atoms with van der Waals surface area (Å²) < 4.78 is 5.00. The van der Waals surface area contributed by atoms with Gasteiger partial charge in [0, 0.05) is 37.9 Å². The Balaban J connectivity index is 1.61. The smallest absolute Gasteiger partial charge is 0.290 e. The molecular formula is C18H24N4O2. The maximum absolute atomic E-state index is 12.1. The van der Waals surface area contributed by atoms with Crippen molar-refractivity contribution in [2.24, 2.45) is 0 Å². The summed E-state index contributed by atoms with van der Waals surface area (Å²) in [6.45, 7) is 8.03. The van der Waals surface area contributed by atoms with E-state index in [9.17, 15) is 4.79 Å². The average Bonchev–Trinajstić information content (AvgIpc) is 3.02. The molecule has 1 N–H and O–H groups in total. The highest BCUT2D eigenvalue weighted by molar-refractivity contribution is 5.91. The lowest BCUT2D eigenvalue weighted by Crippen LogP contribution is -2.44. The highest BCUT2D eigenvalue weighted by atomic mass is 16.5. The van der Waals surface area contributed by atoms with E-state index < -0.39 is 0 Å². The normalized spacial score (nSPS) is 16.9. The molecule has 6 heteroatoms. The van der Waals surface area contributed by atoms with Gasteiger partial charge >= 0.3 is 0 Å². The van der Waals surface area contributed by atoms with E-state index in [1.165, 1.54) is 5.69 Å². The van der Waals surface area contributed by atoms with Crippen molar-refractivity contribution in [3.63, 3.8) is 0 Å². The van der Waals surface area contributed by atoms with Crippen molar-refractivity contribution in [1.29, 1.82) is 0 Å². The maximum atomic E-state index is 12.1. The number of carbonyl (C=O) groups is 1. The molecule has 0 saturated carbocycles. The van der Waals surface area contributed by atoms with Crippen LogP contribution in [0.2, 0.25) is 0 Å². The number of rotatable bonds is 4. The SMILES string of the molecule is Cc1cc(C(=O)NC(C)c2ccc(N3CCN(C)CC3)cc2)on1. The van der Waals surface area contributed by atoms with E-state index in [0.29, 0.717) is 5.69 Å². The Labute approximate surface area is 142 Å². The van der Waals surface area contributed by atoms with Gasteiger partial charge in [-0.05, 0) is 38.6 Å². The van der Waals surface area contributed by atoms with Gasteiger partial charge in [-0.2, -0.15) is 0 Å². The molecule has 2 aromatic rings. The number of likely N-dealkylation sites (N-methyl/N-ethyl adjacent to an activating group) is 1. The number of nitrogens with one attached hydrogen (secondary N) is 1. The molecule has 0 radical (unpaired) electrons. The summed E-state index contributed by atoms with van der Waals surface area (Å²) in [6, 6.07) is 9.95. The fraction of sp³-hybridized carbons (Fsp3) is 0.444. The summed E-state index contributed by atoms with van der Waals surface area (Å²) in [6.07, 6.45) is 0. The maximum Gasteiger partial charge on any atom is 0.290 e. The highest BCUT2D eigenvalue weighted by Gasteiger charge is 2.17. The van der Waals surface area contributed by atoms with Crippen LogP contribution in [0.15, 0.2) is 34.9 Å². The molecular weight excluding hydrogens is 304 g/mol. The molecule has 3 rings (SSSR count). The van der Waals surface area contributed by atoms with Gasteiger partial charge in [-0.1, -0.05) is 17.3 Å². The van der Waals surface area contributed by atoms with Crippen LogP contribution in [-0.2, 0) is 0 Å². The van der Waals surface area contributed by atoms with Gasteiger partial charge < -0.3 is 19.6 Å². The summed E-state index contributed by atoms with van der Waals surface area (Å²) in [5, 5.41) is 6.68. The lowest BCUT2D eigenvalue weighted by molar-refractivity contribution is 0.0902. The minimum absolute atomic E-state index is 0.0931. The topological polar surface area (TPSA) is 61.6 Å². The van der Waals surface area contributed by atoms with Crippen LogP contribution < -0.4 is 10.2 Å². The number of hydrogen-bond donors (Lipinski definition) is 1. The predicted molar refractivity (Wildman–Crippen MR) is 93.3 cm³/mol. The van der Waals surface area contributed by atoms with Crippen molar-refractivity contribution in [1.82, 2.24) is 15.4 Å². The number of anilines is 1. The van der Waals surface area contributed by atoms with Crippen LogP contribution in [0.1, 0.15) is 34.8 Å². The number of amides is 1. The number of nitrogens with zero attached hydrogens (tertiary/aromatic N) is 3. The van der Waals surface area contributed by atoms with Crippen molar-refractivity contribution in [2.45, 2.75) is 19.9 Å². The monoisotopic (exact) mass is 328 g/mol. The number of aromatic nitrogens is 1. The molecule has 2 heterocycles. The molecule has 0 spiro atoms. The Bertz CT molecular complexity index is 687. The molecule has 1 unspecified atom stereocenters. The van der Waals surface area contributed by atoms with Gasteiger partial charge in [0.05, 0.1) is 11.7 Å². The zero-order chi connectivity index (χ0) is 17.1. The quantitative estimate of drug-likeness (QED) is 0.932. The average molecular weight is 328 g/mol. The van der Waals surface area contributed by atoms with E-state index in [1.807, 2.05) is 6.92 Å². The van der Waals surface area contributed by atoms with Crippen molar-refractivity contribution in [2.75, 3.05) is 38.1 Å². The van der Waals surface area contributed by atoms with Crippen LogP contribution in [0.5, 0.6) is 0 Å². The van der Waals surface area contributed by atoms with Crippen LogP contribution in [-0.4, -0.2) is 49.2 Å². The zero-order valence-corrected chi connectivity index (χ0v) is 14.5. The molecule has 1 aromatic carbocycles. The van der Waals surface area contributed by atoms with Crippen LogP contribution in [0.4, 0.5) is 5.69 Å². The van der Waals surface area contributed by atoms with Crippen molar-refractivity contribution < 1.29 is 9.32 Å². The van der Waals surface area contributed by atoms with Crippen LogP contribution >= 0.6 is 0 Å². The van der Waals surface area contributed by atoms with Crippen LogP contribution in [0.25, 0.3) is 0 Å². The van der Waals surface area contributed by atoms with E-state index in [-0.39, 0.29) is 17.7 Å². The second-order valence-electron chi connectivity index (χ2n) is 6.41. The molecule has 1 atom stereocenters. The molecule has 0 bridgehead atoms. The fourth-order valence-corrected chi connectivity index (χ4v) is 2.86. The second kappa shape index (κ2) is 7.05. The van der Waals surface area contributed by atoms with Gasteiger partial charge in [0.15, 0.2) is 0 Å². The molecule has 128 valence electrons. The Morgan fingerprint density at radius 2 is 1.88 bits per heavy atom. The highest BCUT2D eigenvalue weighted by Crippen LogP contribution is 2.20.